The Labute approximate surface area is 150 Å². The van der Waals surface area contributed by atoms with Crippen molar-refractivity contribution in [3.05, 3.63) is 45.3 Å². The third kappa shape index (κ3) is 3.89. The molecule has 0 aliphatic heterocycles. The Balaban J connectivity index is 2.00. The molecular formula is C16H16Br2NO3P. The summed E-state index contributed by atoms with van der Waals surface area (Å²) in [5, 5.41) is 2.37. The summed E-state index contributed by atoms with van der Waals surface area (Å²) in [5.41, 5.74) is 2.26. The molecule has 2 N–H and O–H groups in total. The number of aryl methyl sites for hydroxylation is 1. The fraction of sp³-hybridized carbons (Fsp3) is 0.250. The molecule has 0 radical (unpaired) electrons. The Hall–Kier alpha value is -0.650. The molecule has 0 aliphatic rings. The van der Waals surface area contributed by atoms with Gasteiger partial charge in [0.25, 0.3) is 0 Å². The van der Waals surface area contributed by atoms with Gasteiger partial charge in [-0.1, -0.05) is 44.0 Å². The summed E-state index contributed by atoms with van der Waals surface area (Å²) in [6.45, 7) is 0.729. The van der Waals surface area contributed by atoms with Crippen LogP contribution in [0.4, 0.5) is 0 Å². The molecule has 7 heteroatoms. The smallest absolute Gasteiger partial charge is 0.325 e. The molecule has 23 heavy (non-hydrogen) atoms. The van der Waals surface area contributed by atoms with Gasteiger partial charge in [-0.25, -0.2) is 0 Å². The van der Waals surface area contributed by atoms with Gasteiger partial charge in [0.05, 0.1) is 11.0 Å². The van der Waals surface area contributed by atoms with E-state index in [0.29, 0.717) is 6.42 Å². The van der Waals surface area contributed by atoms with Gasteiger partial charge < -0.3 is 14.4 Å². The maximum atomic E-state index is 11.0. The normalized spacial score (nSPS) is 12.3. The largest absolute Gasteiger partial charge is 0.340 e. The predicted octanol–water partition coefficient (Wildman–Crippen LogP) is 5.28. The summed E-state index contributed by atoms with van der Waals surface area (Å²) in [5.74, 6) is 0. The van der Waals surface area contributed by atoms with Crippen LogP contribution in [0.5, 0.6) is 0 Å². The van der Waals surface area contributed by atoms with E-state index in [0.717, 1.165) is 32.9 Å². The fourth-order valence-corrected chi connectivity index (χ4v) is 4.20. The molecule has 0 saturated heterocycles. The number of unbranched alkanes of at least 4 members (excludes halogenated alkanes) is 1. The number of halogens is 2. The standard InChI is InChI=1S/C16H16Br2NO3P/c17-11-3-5-13-14-6-4-12(18)10-16(14)19(15(13)9-11)7-1-2-8-23(20,21)22/h3-6,9-10H,1-2,7-8H2,(H2,20,21,22). The summed E-state index contributed by atoms with van der Waals surface area (Å²) < 4.78 is 15.2. The van der Waals surface area contributed by atoms with Crippen LogP contribution in [0.2, 0.25) is 0 Å². The lowest BCUT2D eigenvalue weighted by Crippen LogP contribution is -1.99. The summed E-state index contributed by atoms with van der Waals surface area (Å²) >= 11 is 7.04. The van der Waals surface area contributed by atoms with Crippen LogP contribution < -0.4 is 0 Å². The van der Waals surface area contributed by atoms with Crippen molar-refractivity contribution >= 4 is 61.3 Å². The average molecular weight is 461 g/mol. The van der Waals surface area contributed by atoms with E-state index in [1.807, 2.05) is 12.1 Å². The highest BCUT2D eigenvalue weighted by Crippen LogP contribution is 2.36. The third-order valence-corrected chi connectivity index (χ3v) is 5.76. The lowest BCUT2D eigenvalue weighted by Gasteiger charge is -2.08. The lowest BCUT2D eigenvalue weighted by molar-refractivity contribution is 0.370. The number of hydrogen-bond donors (Lipinski definition) is 2. The van der Waals surface area contributed by atoms with E-state index >= 15 is 0 Å². The molecular weight excluding hydrogens is 445 g/mol. The Kier molecular flexibility index (Phi) is 5.00. The van der Waals surface area contributed by atoms with Crippen molar-refractivity contribution < 1.29 is 14.4 Å². The molecule has 122 valence electrons. The van der Waals surface area contributed by atoms with Crippen LogP contribution in [0.15, 0.2) is 45.3 Å². The van der Waals surface area contributed by atoms with Crippen LogP contribution in [-0.2, 0) is 11.1 Å². The zero-order chi connectivity index (χ0) is 16.6. The van der Waals surface area contributed by atoms with Crippen molar-refractivity contribution in [2.24, 2.45) is 0 Å². The molecule has 1 aromatic heterocycles. The second-order valence-corrected chi connectivity index (χ2v) is 9.18. The van der Waals surface area contributed by atoms with Crippen molar-refractivity contribution in [3.8, 4) is 0 Å². The monoisotopic (exact) mass is 459 g/mol. The molecule has 0 fully saturated rings. The van der Waals surface area contributed by atoms with Gasteiger partial charge in [-0.2, -0.15) is 0 Å². The minimum atomic E-state index is -3.91. The fourth-order valence-electron chi connectivity index (χ4n) is 2.87. The molecule has 4 nitrogen and oxygen atoms in total. The molecule has 2 aromatic carbocycles. The maximum Gasteiger partial charge on any atom is 0.325 e. The molecule has 0 amide bonds. The van der Waals surface area contributed by atoms with E-state index in [-0.39, 0.29) is 6.16 Å². The van der Waals surface area contributed by atoms with Gasteiger partial charge in [0.1, 0.15) is 0 Å². The topological polar surface area (TPSA) is 62.5 Å². The number of hydrogen-bond acceptors (Lipinski definition) is 1. The summed E-state index contributed by atoms with van der Waals surface area (Å²) in [6, 6.07) is 12.4. The zero-order valence-corrected chi connectivity index (χ0v) is 16.3. The number of fused-ring (bicyclic) bond motifs is 3. The highest BCUT2D eigenvalue weighted by Gasteiger charge is 2.14. The van der Waals surface area contributed by atoms with Crippen molar-refractivity contribution in [2.75, 3.05) is 6.16 Å². The van der Waals surface area contributed by atoms with Crippen LogP contribution in [0.25, 0.3) is 21.8 Å². The van der Waals surface area contributed by atoms with E-state index < -0.39 is 7.60 Å². The molecule has 0 spiro atoms. The zero-order valence-electron chi connectivity index (χ0n) is 12.2. The number of nitrogens with zero attached hydrogens (tertiary/aromatic N) is 1. The molecule has 0 unspecified atom stereocenters. The van der Waals surface area contributed by atoms with Gasteiger partial charge in [0.15, 0.2) is 0 Å². The summed E-state index contributed by atoms with van der Waals surface area (Å²) in [7, 11) is -3.91. The van der Waals surface area contributed by atoms with Crippen LogP contribution in [0, 0.1) is 0 Å². The Morgan fingerprint density at radius 1 is 0.913 bits per heavy atom. The van der Waals surface area contributed by atoms with Crippen LogP contribution in [-0.4, -0.2) is 20.5 Å². The van der Waals surface area contributed by atoms with Gasteiger partial charge >= 0.3 is 7.60 Å². The van der Waals surface area contributed by atoms with Gasteiger partial charge in [-0.15, -0.1) is 0 Å². The first-order valence-corrected chi connectivity index (χ1v) is 10.6. The van der Waals surface area contributed by atoms with Gasteiger partial charge in [0.2, 0.25) is 0 Å². The minimum absolute atomic E-state index is 0.0580. The molecule has 3 aromatic rings. The first-order valence-electron chi connectivity index (χ1n) is 7.27. The molecule has 0 aliphatic carbocycles. The number of rotatable bonds is 5. The number of benzene rings is 2. The SMILES string of the molecule is O=P(O)(O)CCCCn1c2cc(Br)ccc2c2ccc(Br)cc21. The molecule has 0 bridgehead atoms. The Bertz CT molecular complexity index is 857. The van der Waals surface area contributed by atoms with Crippen LogP contribution >= 0.6 is 39.5 Å². The van der Waals surface area contributed by atoms with E-state index in [4.69, 9.17) is 9.79 Å². The van der Waals surface area contributed by atoms with Crippen molar-refractivity contribution in [2.45, 2.75) is 19.4 Å². The van der Waals surface area contributed by atoms with E-state index in [9.17, 15) is 4.57 Å². The van der Waals surface area contributed by atoms with E-state index in [1.165, 1.54) is 10.8 Å². The minimum Gasteiger partial charge on any atom is -0.340 e. The second kappa shape index (κ2) is 6.69. The van der Waals surface area contributed by atoms with Crippen molar-refractivity contribution in [1.82, 2.24) is 4.57 Å². The second-order valence-electron chi connectivity index (χ2n) is 5.57. The Morgan fingerprint density at radius 3 is 1.91 bits per heavy atom. The summed E-state index contributed by atoms with van der Waals surface area (Å²) in [6.07, 6.45) is 1.17. The quantitative estimate of drug-likeness (QED) is 0.402. The van der Waals surface area contributed by atoms with Gasteiger partial charge in [-0.3, -0.25) is 4.57 Å². The van der Waals surface area contributed by atoms with Crippen molar-refractivity contribution in [3.63, 3.8) is 0 Å². The molecule has 3 rings (SSSR count). The summed E-state index contributed by atoms with van der Waals surface area (Å²) in [4.78, 5) is 18.0. The first-order chi connectivity index (χ1) is 10.8. The number of aromatic nitrogens is 1. The van der Waals surface area contributed by atoms with E-state index in [2.05, 4.69) is 60.7 Å². The maximum absolute atomic E-state index is 11.0. The highest BCUT2D eigenvalue weighted by atomic mass is 79.9. The third-order valence-electron chi connectivity index (χ3n) is 3.87. The van der Waals surface area contributed by atoms with Gasteiger partial charge in [0, 0.05) is 32.4 Å². The Morgan fingerprint density at radius 2 is 1.43 bits per heavy atom. The first kappa shape index (κ1) is 17.2. The van der Waals surface area contributed by atoms with Crippen LogP contribution in [0.3, 0.4) is 0 Å². The van der Waals surface area contributed by atoms with Crippen molar-refractivity contribution in [1.29, 1.82) is 0 Å². The van der Waals surface area contributed by atoms with Crippen LogP contribution in [0.1, 0.15) is 12.8 Å². The average Bonchev–Trinajstić information content (AvgIpc) is 2.75. The molecule has 0 atom stereocenters. The van der Waals surface area contributed by atoms with E-state index in [1.54, 1.807) is 0 Å². The lowest BCUT2D eigenvalue weighted by atomic mass is 10.2. The molecule has 0 saturated carbocycles. The predicted molar refractivity (Wildman–Crippen MR) is 101 cm³/mol. The van der Waals surface area contributed by atoms with Gasteiger partial charge in [-0.05, 0) is 37.1 Å². The highest BCUT2D eigenvalue weighted by molar-refractivity contribution is 9.10. The molecule has 1 heterocycles.